The fourth-order valence-electron chi connectivity index (χ4n) is 5.10. The number of piperidine rings is 1. The maximum Gasteiger partial charge on any atom is 0.272 e. The second kappa shape index (κ2) is 8.78. The normalized spacial score (nSPS) is 17.3. The first-order valence-corrected chi connectivity index (χ1v) is 11.6. The Bertz CT molecular complexity index is 1210. The number of carbonyl (C=O) groups excluding carboxylic acids is 2. The van der Waals surface area contributed by atoms with E-state index in [1.165, 1.54) is 0 Å². The summed E-state index contributed by atoms with van der Waals surface area (Å²) >= 11 is 0. The Kier molecular flexibility index (Phi) is 5.65. The average molecular weight is 457 g/mol. The molecule has 3 aromatic rings. The number of amides is 2. The van der Waals surface area contributed by atoms with Crippen molar-refractivity contribution in [2.24, 2.45) is 5.41 Å². The van der Waals surface area contributed by atoms with Gasteiger partial charge in [0.15, 0.2) is 0 Å². The molecule has 1 spiro atoms. The van der Waals surface area contributed by atoms with Crippen molar-refractivity contribution in [2.75, 3.05) is 36.9 Å². The number of rotatable bonds is 5. The van der Waals surface area contributed by atoms with Gasteiger partial charge in [0.25, 0.3) is 5.91 Å². The molecule has 0 bridgehead atoms. The number of hydrogen-bond donors (Lipinski definition) is 3. The SMILES string of the molecule is CNc1ccccc1C(=N)C(=O)N1CCC2(CC1)CCN(c1ccc(-c3cn[nH]c3)cc1)C2=O. The number of para-hydroxylation sites is 1. The zero-order chi connectivity index (χ0) is 23.7. The van der Waals surface area contributed by atoms with E-state index in [1.54, 1.807) is 24.2 Å². The summed E-state index contributed by atoms with van der Waals surface area (Å²) in [6, 6.07) is 15.3. The van der Waals surface area contributed by atoms with Gasteiger partial charge < -0.3 is 15.1 Å². The number of aromatic amines is 1. The minimum absolute atomic E-state index is 0.0158. The second-order valence-electron chi connectivity index (χ2n) is 8.98. The van der Waals surface area contributed by atoms with E-state index in [2.05, 4.69) is 15.5 Å². The quantitative estimate of drug-likeness (QED) is 0.511. The molecule has 0 radical (unpaired) electrons. The van der Waals surface area contributed by atoms with Crippen molar-refractivity contribution in [3.8, 4) is 11.1 Å². The van der Waals surface area contributed by atoms with Crippen LogP contribution in [0.25, 0.3) is 11.1 Å². The number of anilines is 2. The molecule has 2 aliphatic rings. The fraction of sp³-hybridized carbons (Fsp3) is 0.308. The molecule has 2 saturated heterocycles. The summed E-state index contributed by atoms with van der Waals surface area (Å²) in [7, 11) is 1.78. The molecule has 2 aromatic carbocycles. The highest BCUT2D eigenvalue weighted by atomic mass is 16.2. The van der Waals surface area contributed by atoms with Gasteiger partial charge in [-0.15, -0.1) is 0 Å². The lowest BCUT2D eigenvalue weighted by molar-refractivity contribution is -0.133. The monoisotopic (exact) mass is 456 g/mol. The van der Waals surface area contributed by atoms with Crippen molar-refractivity contribution < 1.29 is 9.59 Å². The maximum atomic E-state index is 13.5. The van der Waals surface area contributed by atoms with E-state index in [4.69, 9.17) is 5.41 Å². The van der Waals surface area contributed by atoms with Crippen LogP contribution in [0.5, 0.6) is 0 Å². The van der Waals surface area contributed by atoms with Crippen molar-refractivity contribution in [2.45, 2.75) is 19.3 Å². The van der Waals surface area contributed by atoms with Crippen molar-refractivity contribution >= 4 is 28.9 Å². The van der Waals surface area contributed by atoms with E-state index >= 15 is 0 Å². The molecular weight excluding hydrogens is 428 g/mol. The van der Waals surface area contributed by atoms with Crippen LogP contribution in [0, 0.1) is 10.8 Å². The van der Waals surface area contributed by atoms with Gasteiger partial charge in [0.2, 0.25) is 5.91 Å². The zero-order valence-corrected chi connectivity index (χ0v) is 19.2. The minimum atomic E-state index is -0.426. The van der Waals surface area contributed by atoms with Crippen LogP contribution in [0.2, 0.25) is 0 Å². The maximum absolute atomic E-state index is 13.5. The fourth-order valence-corrected chi connectivity index (χ4v) is 5.10. The van der Waals surface area contributed by atoms with Crippen LogP contribution in [0.15, 0.2) is 60.9 Å². The number of benzene rings is 2. The van der Waals surface area contributed by atoms with Gasteiger partial charge in [-0.2, -0.15) is 5.10 Å². The molecule has 3 heterocycles. The van der Waals surface area contributed by atoms with Gasteiger partial charge in [0, 0.05) is 55.4 Å². The predicted octanol–water partition coefficient (Wildman–Crippen LogP) is 3.53. The summed E-state index contributed by atoms with van der Waals surface area (Å²) in [5.74, 6) is -0.138. The number of hydrogen-bond acceptors (Lipinski definition) is 5. The summed E-state index contributed by atoms with van der Waals surface area (Å²) in [6.07, 6.45) is 5.66. The van der Waals surface area contributed by atoms with Gasteiger partial charge in [-0.05, 0) is 43.0 Å². The summed E-state index contributed by atoms with van der Waals surface area (Å²) in [5, 5.41) is 18.3. The topological polar surface area (TPSA) is 105 Å². The highest BCUT2D eigenvalue weighted by Gasteiger charge is 2.49. The smallest absolute Gasteiger partial charge is 0.272 e. The molecule has 5 rings (SSSR count). The van der Waals surface area contributed by atoms with E-state index in [9.17, 15) is 9.59 Å². The molecule has 0 saturated carbocycles. The summed E-state index contributed by atoms with van der Waals surface area (Å²) < 4.78 is 0. The van der Waals surface area contributed by atoms with Crippen molar-refractivity contribution in [1.29, 1.82) is 5.41 Å². The summed E-state index contributed by atoms with van der Waals surface area (Å²) in [6.45, 7) is 1.66. The number of nitrogens with zero attached hydrogens (tertiary/aromatic N) is 3. The first-order chi connectivity index (χ1) is 16.5. The highest BCUT2D eigenvalue weighted by Crippen LogP contribution is 2.43. The molecule has 2 aliphatic heterocycles. The molecule has 1 aromatic heterocycles. The Labute approximate surface area is 198 Å². The third-order valence-corrected chi connectivity index (χ3v) is 7.21. The molecule has 2 amide bonds. The van der Waals surface area contributed by atoms with Crippen LogP contribution in [-0.4, -0.2) is 59.3 Å². The molecule has 0 atom stereocenters. The number of H-pyrrole nitrogens is 1. The van der Waals surface area contributed by atoms with E-state index in [-0.39, 0.29) is 17.5 Å². The minimum Gasteiger partial charge on any atom is -0.388 e. The van der Waals surface area contributed by atoms with Gasteiger partial charge in [-0.3, -0.25) is 20.1 Å². The molecule has 8 nitrogen and oxygen atoms in total. The van der Waals surface area contributed by atoms with Crippen LogP contribution in [0.1, 0.15) is 24.8 Å². The lowest BCUT2D eigenvalue weighted by Crippen LogP contribution is -2.48. The van der Waals surface area contributed by atoms with Crippen LogP contribution >= 0.6 is 0 Å². The third-order valence-electron chi connectivity index (χ3n) is 7.21. The number of aromatic nitrogens is 2. The highest BCUT2D eigenvalue weighted by molar-refractivity contribution is 6.45. The van der Waals surface area contributed by atoms with Crippen molar-refractivity contribution in [1.82, 2.24) is 15.1 Å². The predicted molar refractivity (Wildman–Crippen MR) is 132 cm³/mol. The summed E-state index contributed by atoms with van der Waals surface area (Å²) in [4.78, 5) is 30.1. The van der Waals surface area contributed by atoms with E-state index in [0.717, 1.165) is 28.9 Å². The Morgan fingerprint density at radius 2 is 1.74 bits per heavy atom. The Morgan fingerprint density at radius 1 is 1.03 bits per heavy atom. The van der Waals surface area contributed by atoms with Crippen molar-refractivity contribution in [3.05, 3.63) is 66.5 Å². The first-order valence-electron chi connectivity index (χ1n) is 11.6. The van der Waals surface area contributed by atoms with E-state index < -0.39 is 5.41 Å². The second-order valence-corrected chi connectivity index (χ2v) is 8.98. The largest absolute Gasteiger partial charge is 0.388 e. The van der Waals surface area contributed by atoms with Crippen LogP contribution in [-0.2, 0) is 9.59 Å². The van der Waals surface area contributed by atoms with Gasteiger partial charge in [-0.25, -0.2) is 0 Å². The van der Waals surface area contributed by atoms with Crippen molar-refractivity contribution in [3.63, 3.8) is 0 Å². The van der Waals surface area contributed by atoms with Gasteiger partial charge in [-0.1, -0.05) is 30.3 Å². The Balaban J connectivity index is 1.24. The molecule has 3 N–H and O–H groups in total. The molecule has 34 heavy (non-hydrogen) atoms. The number of carbonyl (C=O) groups is 2. The Morgan fingerprint density at radius 3 is 2.41 bits per heavy atom. The van der Waals surface area contributed by atoms with Gasteiger partial charge in [0.1, 0.15) is 5.71 Å². The van der Waals surface area contributed by atoms with E-state index in [1.807, 2.05) is 53.6 Å². The molecule has 0 unspecified atom stereocenters. The van der Waals surface area contributed by atoms with Gasteiger partial charge >= 0.3 is 0 Å². The third kappa shape index (κ3) is 3.75. The van der Waals surface area contributed by atoms with Crippen LogP contribution < -0.4 is 10.2 Å². The van der Waals surface area contributed by atoms with E-state index in [0.29, 0.717) is 38.0 Å². The lowest BCUT2D eigenvalue weighted by Gasteiger charge is -2.38. The zero-order valence-electron chi connectivity index (χ0n) is 19.2. The summed E-state index contributed by atoms with van der Waals surface area (Å²) in [5.41, 5.74) is 3.87. The molecule has 174 valence electrons. The van der Waals surface area contributed by atoms with Crippen LogP contribution in [0.4, 0.5) is 11.4 Å². The molecular formula is C26H28N6O2. The number of likely N-dealkylation sites (tertiary alicyclic amines) is 1. The molecule has 0 aliphatic carbocycles. The van der Waals surface area contributed by atoms with Gasteiger partial charge in [0.05, 0.1) is 11.6 Å². The number of nitrogens with one attached hydrogen (secondary N) is 3. The standard InChI is InChI=1S/C26H28N6O2/c1-28-22-5-3-2-4-21(22)23(27)24(33)31-13-10-26(11-14-31)12-15-32(25(26)34)20-8-6-18(7-9-20)19-16-29-30-17-19/h2-9,16-17,27-28H,10-15H2,1H3,(H,29,30). The lowest BCUT2D eigenvalue weighted by atomic mass is 9.77. The Hall–Kier alpha value is -3.94. The van der Waals surface area contributed by atoms with Crippen LogP contribution in [0.3, 0.4) is 0 Å². The molecule has 8 heteroatoms. The first kappa shape index (κ1) is 21.9. The average Bonchev–Trinajstić information content (AvgIpc) is 3.53. The molecule has 2 fully saturated rings.